The van der Waals surface area contributed by atoms with Gasteiger partial charge in [0.05, 0.1) is 0 Å². The molecular formula is C14H14N4O. The quantitative estimate of drug-likeness (QED) is 0.762. The normalized spacial score (nSPS) is 11.3. The van der Waals surface area contributed by atoms with Gasteiger partial charge < -0.3 is 0 Å². The summed E-state index contributed by atoms with van der Waals surface area (Å²) in [6.45, 7) is 4.14. The zero-order valence-electron chi connectivity index (χ0n) is 10.8. The van der Waals surface area contributed by atoms with Crippen LogP contribution in [0.2, 0.25) is 0 Å². The van der Waals surface area contributed by atoms with Gasteiger partial charge in [-0.25, -0.2) is 19.3 Å². The fourth-order valence-corrected chi connectivity index (χ4v) is 2.02. The summed E-state index contributed by atoms with van der Waals surface area (Å²) in [7, 11) is 0. The molecule has 1 N–H and O–H groups in total. The third-order valence-corrected chi connectivity index (χ3v) is 3.05. The summed E-state index contributed by atoms with van der Waals surface area (Å²) in [5, 5.41) is 6.50. The van der Waals surface area contributed by atoms with Crippen LogP contribution in [0.3, 0.4) is 0 Å². The third-order valence-electron chi connectivity index (χ3n) is 3.05. The van der Waals surface area contributed by atoms with Gasteiger partial charge in [-0.05, 0) is 5.92 Å². The molecule has 5 heteroatoms. The first-order valence-electron chi connectivity index (χ1n) is 6.20. The van der Waals surface area contributed by atoms with E-state index in [0.29, 0.717) is 11.5 Å². The van der Waals surface area contributed by atoms with Gasteiger partial charge in [-0.2, -0.15) is 5.10 Å². The van der Waals surface area contributed by atoms with Crippen LogP contribution in [0.25, 0.3) is 17.0 Å². The molecule has 3 rings (SSSR count). The Labute approximate surface area is 109 Å². The Hall–Kier alpha value is -2.43. The van der Waals surface area contributed by atoms with Crippen molar-refractivity contribution >= 4 is 5.65 Å². The molecule has 3 aromatic rings. The minimum absolute atomic E-state index is 0.267. The molecule has 0 unspecified atom stereocenters. The van der Waals surface area contributed by atoms with Gasteiger partial charge in [0.15, 0.2) is 5.65 Å². The summed E-state index contributed by atoms with van der Waals surface area (Å²) in [4.78, 5) is 16.5. The molecule has 96 valence electrons. The maximum Gasteiger partial charge on any atom is 0.349 e. The van der Waals surface area contributed by atoms with E-state index in [1.54, 1.807) is 0 Å². The van der Waals surface area contributed by atoms with E-state index in [9.17, 15) is 4.79 Å². The van der Waals surface area contributed by atoms with E-state index in [4.69, 9.17) is 0 Å². The molecular weight excluding hydrogens is 240 g/mol. The largest absolute Gasteiger partial charge is 0.349 e. The molecule has 0 aliphatic heterocycles. The number of aromatic amines is 1. The number of nitrogens with zero attached hydrogens (tertiary/aromatic N) is 3. The number of aromatic nitrogens is 4. The standard InChI is InChI=1S/C14H14N4O/c1-9(2)11-8-12-16-17-14(19)18(12)13(15-11)10-6-4-3-5-7-10/h3-9H,1-2H3,(H,17,19). The van der Waals surface area contributed by atoms with E-state index < -0.39 is 0 Å². The van der Waals surface area contributed by atoms with Gasteiger partial charge in [-0.3, -0.25) is 0 Å². The van der Waals surface area contributed by atoms with Gasteiger partial charge >= 0.3 is 5.69 Å². The first-order valence-corrected chi connectivity index (χ1v) is 6.20. The highest BCUT2D eigenvalue weighted by Crippen LogP contribution is 2.20. The number of nitrogens with one attached hydrogen (secondary N) is 1. The third kappa shape index (κ3) is 1.93. The fraction of sp³-hybridized carbons (Fsp3) is 0.214. The minimum atomic E-state index is -0.267. The summed E-state index contributed by atoms with van der Waals surface area (Å²) >= 11 is 0. The molecule has 0 saturated carbocycles. The Morgan fingerprint density at radius 1 is 1.21 bits per heavy atom. The molecule has 2 heterocycles. The molecule has 0 fully saturated rings. The molecule has 0 atom stereocenters. The second-order valence-electron chi connectivity index (χ2n) is 4.75. The lowest BCUT2D eigenvalue weighted by molar-refractivity contribution is 0.813. The van der Waals surface area contributed by atoms with E-state index >= 15 is 0 Å². The van der Waals surface area contributed by atoms with Crippen LogP contribution >= 0.6 is 0 Å². The lowest BCUT2D eigenvalue weighted by Gasteiger charge is -2.09. The zero-order chi connectivity index (χ0) is 13.4. The summed E-state index contributed by atoms with van der Waals surface area (Å²) in [5.74, 6) is 0.903. The predicted molar refractivity (Wildman–Crippen MR) is 73.1 cm³/mol. The van der Waals surface area contributed by atoms with Crippen LogP contribution in [0.15, 0.2) is 41.2 Å². The Kier molecular flexibility index (Phi) is 2.67. The fourth-order valence-electron chi connectivity index (χ4n) is 2.02. The van der Waals surface area contributed by atoms with Crippen LogP contribution in [-0.4, -0.2) is 19.6 Å². The van der Waals surface area contributed by atoms with Crippen molar-refractivity contribution < 1.29 is 0 Å². The molecule has 0 saturated heterocycles. The summed E-state index contributed by atoms with van der Waals surface area (Å²) in [6, 6.07) is 11.5. The van der Waals surface area contributed by atoms with Crippen LogP contribution in [0.4, 0.5) is 0 Å². The lowest BCUT2D eigenvalue weighted by atomic mass is 10.1. The topological polar surface area (TPSA) is 63.0 Å². The van der Waals surface area contributed by atoms with Crippen molar-refractivity contribution in [1.29, 1.82) is 0 Å². The van der Waals surface area contributed by atoms with Crippen molar-refractivity contribution in [2.45, 2.75) is 19.8 Å². The molecule has 0 radical (unpaired) electrons. The van der Waals surface area contributed by atoms with Gasteiger partial charge in [-0.1, -0.05) is 44.2 Å². The minimum Gasteiger partial charge on any atom is -0.246 e. The summed E-state index contributed by atoms with van der Waals surface area (Å²) < 4.78 is 1.50. The lowest BCUT2D eigenvalue weighted by Crippen LogP contribution is -2.14. The average molecular weight is 254 g/mol. The number of fused-ring (bicyclic) bond motifs is 1. The monoisotopic (exact) mass is 254 g/mol. The van der Waals surface area contributed by atoms with Crippen LogP contribution in [0.5, 0.6) is 0 Å². The van der Waals surface area contributed by atoms with Crippen molar-refractivity contribution in [2.75, 3.05) is 0 Å². The second-order valence-corrected chi connectivity index (χ2v) is 4.75. The Morgan fingerprint density at radius 3 is 2.63 bits per heavy atom. The van der Waals surface area contributed by atoms with Crippen LogP contribution in [0, 0.1) is 0 Å². The van der Waals surface area contributed by atoms with E-state index in [-0.39, 0.29) is 11.6 Å². The number of rotatable bonds is 2. The molecule has 1 aromatic carbocycles. The summed E-state index contributed by atoms with van der Waals surface area (Å²) in [6.07, 6.45) is 0. The average Bonchev–Trinajstić information content (AvgIpc) is 2.80. The number of benzene rings is 1. The molecule has 0 amide bonds. The van der Waals surface area contributed by atoms with Crippen molar-refractivity contribution in [3.8, 4) is 11.4 Å². The van der Waals surface area contributed by atoms with Crippen LogP contribution in [0.1, 0.15) is 25.5 Å². The second kappa shape index (κ2) is 4.35. The molecule has 5 nitrogen and oxygen atoms in total. The smallest absolute Gasteiger partial charge is 0.246 e. The first kappa shape index (κ1) is 11.6. The van der Waals surface area contributed by atoms with E-state index in [2.05, 4.69) is 29.0 Å². The SMILES string of the molecule is CC(C)c1cc2n[nH]c(=O)n2c(-c2ccccc2)n1. The zero-order valence-corrected chi connectivity index (χ0v) is 10.8. The van der Waals surface area contributed by atoms with Gasteiger partial charge in [0.1, 0.15) is 5.82 Å². The Balaban J connectivity index is 2.38. The maximum atomic E-state index is 11.9. The molecule has 19 heavy (non-hydrogen) atoms. The molecule has 2 aromatic heterocycles. The van der Waals surface area contributed by atoms with Crippen LogP contribution < -0.4 is 5.69 Å². The van der Waals surface area contributed by atoms with Gasteiger partial charge in [0.25, 0.3) is 0 Å². The highest BCUT2D eigenvalue weighted by Gasteiger charge is 2.13. The van der Waals surface area contributed by atoms with Gasteiger partial charge in [0.2, 0.25) is 0 Å². The number of hydrogen-bond acceptors (Lipinski definition) is 3. The molecule has 0 aliphatic carbocycles. The maximum absolute atomic E-state index is 11.9. The van der Waals surface area contributed by atoms with Crippen molar-refractivity contribution in [2.24, 2.45) is 0 Å². The Bertz CT molecular complexity index is 771. The van der Waals surface area contributed by atoms with Crippen molar-refractivity contribution in [3.63, 3.8) is 0 Å². The van der Waals surface area contributed by atoms with Crippen LogP contribution in [-0.2, 0) is 0 Å². The molecule has 0 bridgehead atoms. The number of hydrogen-bond donors (Lipinski definition) is 1. The number of H-pyrrole nitrogens is 1. The van der Waals surface area contributed by atoms with E-state index in [1.807, 2.05) is 36.4 Å². The van der Waals surface area contributed by atoms with Crippen molar-refractivity contribution in [3.05, 3.63) is 52.6 Å². The van der Waals surface area contributed by atoms with Crippen molar-refractivity contribution in [1.82, 2.24) is 19.6 Å². The highest BCUT2D eigenvalue weighted by molar-refractivity contribution is 5.59. The van der Waals surface area contributed by atoms with Gasteiger partial charge in [-0.15, -0.1) is 0 Å². The van der Waals surface area contributed by atoms with E-state index in [0.717, 1.165) is 11.3 Å². The molecule has 0 aliphatic rings. The highest BCUT2D eigenvalue weighted by atomic mass is 16.1. The summed E-state index contributed by atoms with van der Waals surface area (Å²) in [5.41, 5.74) is 2.16. The molecule has 0 spiro atoms. The Morgan fingerprint density at radius 2 is 1.95 bits per heavy atom. The predicted octanol–water partition coefficient (Wildman–Crippen LogP) is 2.21. The van der Waals surface area contributed by atoms with E-state index in [1.165, 1.54) is 4.40 Å². The first-order chi connectivity index (χ1) is 9.16. The van der Waals surface area contributed by atoms with Gasteiger partial charge in [0, 0.05) is 17.3 Å².